The molecule has 0 spiro atoms. The van der Waals surface area contributed by atoms with Crippen molar-refractivity contribution in [1.29, 1.82) is 5.26 Å². The van der Waals surface area contributed by atoms with Gasteiger partial charge < -0.3 is 0 Å². The Kier molecular flexibility index (Phi) is 6.82. The van der Waals surface area contributed by atoms with Crippen molar-refractivity contribution in [1.82, 2.24) is 30.0 Å². The standard InChI is InChI=1S/C25H17Cl2N7S/c26-20-10-21(27)12-22(11-20)34-25(35-16-19-4-2-1-3-5-19)23(14-29-34)24-30-31-32-33(24)15-18-8-6-17(13-28)7-9-18/h1-12,14H,15-16H2. The molecule has 35 heavy (non-hydrogen) atoms. The molecule has 0 amide bonds. The first kappa shape index (κ1) is 23.1. The van der Waals surface area contributed by atoms with E-state index in [1.54, 1.807) is 45.5 Å². The predicted octanol–water partition coefficient (Wildman–Crippen LogP) is 6.04. The minimum absolute atomic E-state index is 0.449. The van der Waals surface area contributed by atoms with E-state index in [1.165, 1.54) is 5.56 Å². The van der Waals surface area contributed by atoms with Gasteiger partial charge >= 0.3 is 0 Å². The third-order valence-electron chi connectivity index (χ3n) is 5.22. The molecule has 10 heteroatoms. The number of nitriles is 1. The van der Waals surface area contributed by atoms with Crippen molar-refractivity contribution in [3.8, 4) is 23.1 Å². The Morgan fingerprint density at radius 1 is 0.914 bits per heavy atom. The molecule has 0 aliphatic rings. The molecule has 0 aliphatic heterocycles. The Balaban J connectivity index is 1.54. The van der Waals surface area contributed by atoms with Gasteiger partial charge in [0.1, 0.15) is 5.03 Å². The van der Waals surface area contributed by atoms with E-state index in [0.29, 0.717) is 28.0 Å². The van der Waals surface area contributed by atoms with Gasteiger partial charge in [0, 0.05) is 15.8 Å². The second kappa shape index (κ2) is 10.3. The van der Waals surface area contributed by atoms with Gasteiger partial charge in [0.2, 0.25) is 0 Å². The molecule has 0 radical (unpaired) electrons. The first-order chi connectivity index (χ1) is 17.1. The van der Waals surface area contributed by atoms with E-state index in [4.69, 9.17) is 28.5 Å². The highest BCUT2D eigenvalue weighted by molar-refractivity contribution is 7.98. The van der Waals surface area contributed by atoms with Crippen molar-refractivity contribution in [2.75, 3.05) is 0 Å². The van der Waals surface area contributed by atoms with Crippen LogP contribution in [0.4, 0.5) is 0 Å². The van der Waals surface area contributed by atoms with Crippen LogP contribution in [0.25, 0.3) is 17.1 Å². The summed E-state index contributed by atoms with van der Waals surface area (Å²) in [4.78, 5) is 0. The molecule has 0 saturated heterocycles. The van der Waals surface area contributed by atoms with Crippen LogP contribution in [0.5, 0.6) is 0 Å². The predicted molar refractivity (Wildman–Crippen MR) is 137 cm³/mol. The summed E-state index contributed by atoms with van der Waals surface area (Å²) in [5, 5.41) is 28.0. The number of tetrazole rings is 1. The lowest BCUT2D eigenvalue weighted by Gasteiger charge is -2.11. The third-order valence-corrected chi connectivity index (χ3v) is 6.80. The van der Waals surface area contributed by atoms with Gasteiger partial charge in [0.25, 0.3) is 0 Å². The lowest BCUT2D eigenvalue weighted by Crippen LogP contribution is -2.05. The molecule has 7 nitrogen and oxygen atoms in total. The highest BCUT2D eigenvalue weighted by Gasteiger charge is 2.21. The average Bonchev–Trinajstić information content (AvgIpc) is 3.50. The van der Waals surface area contributed by atoms with Crippen LogP contribution in [0, 0.1) is 11.3 Å². The molecule has 172 valence electrons. The van der Waals surface area contributed by atoms with Gasteiger partial charge in [-0.1, -0.05) is 65.7 Å². The Morgan fingerprint density at radius 2 is 1.66 bits per heavy atom. The molecule has 2 aromatic heterocycles. The van der Waals surface area contributed by atoms with Crippen LogP contribution in [0.2, 0.25) is 10.0 Å². The van der Waals surface area contributed by atoms with Crippen LogP contribution in [-0.2, 0) is 12.3 Å². The van der Waals surface area contributed by atoms with Crippen LogP contribution < -0.4 is 0 Å². The summed E-state index contributed by atoms with van der Waals surface area (Å²) in [6, 6.07) is 25.0. The fraction of sp³-hybridized carbons (Fsp3) is 0.0800. The van der Waals surface area contributed by atoms with Crippen LogP contribution >= 0.6 is 35.0 Å². The molecular formula is C25H17Cl2N7S. The van der Waals surface area contributed by atoms with E-state index in [9.17, 15) is 0 Å². The number of nitrogens with zero attached hydrogens (tertiary/aromatic N) is 7. The molecule has 0 unspecified atom stereocenters. The van der Waals surface area contributed by atoms with Crippen LogP contribution in [0.1, 0.15) is 16.7 Å². The normalized spacial score (nSPS) is 10.9. The topological polar surface area (TPSA) is 85.2 Å². The summed E-state index contributed by atoms with van der Waals surface area (Å²) in [5.74, 6) is 1.31. The van der Waals surface area contributed by atoms with Gasteiger partial charge in [0.05, 0.1) is 35.6 Å². The van der Waals surface area contributed by atoms with Gasteiger partial charge in [-0.25, -0.2) is 9.36 Å². The highest BCUT2D eigenvalue weighted by atomic mass is 35.5. The summed E-state index contributed by atoms with van der Waals surface area (Å²) in [5.41, 5.74) is 4.30. The summed E-state index contributed by atoms with van der Waals surface area (Å²) < 4.78 is 3.53. The molecule has 0 atom stereocenters. The van der Waals surface area contributed by atoms with Crippen LogP contribution in [-0.4, -0.2) is 30.0 Å². The van der Waals surface area contributed by atoms with Gasteiger partial charge in [-0.15, -0.1) is 16.9 Å². The third kappa shape index (κ3) is 5.23. The molecule has 2 heterocycles. The number of hydrogen-bond acceptors (Lipinski definition) is 6. The molecule has 0 fully saturated rings. The largest absolute Gasteiger partial charge is 0.226 e. The lowest BCUT2D eigenvalue weighted by molar-refractivity contribution is 0.652. The molecular weight excluding hydrogens is 501 g/mol. The van der Waals surface area contributed by atoms with E-state index in [0.717, 1.165) is 27.6 Å². The molecule has 0 aliphatic carbocycles. The minimum atomic E-state index is 0.449. The highest BCUT2D eigenvalue weighted by Crippen LogP contribution is 2.35. The van der Waals surface area contributed by atoms with Crippen molar-refractivity contribution >= 4 is 35.0 Å². The van der Waals surface area contributed by atoms with E-state index in [1.807, 2.05) is 42.5 Å². The summed E-state index contributed by atoms with van der Waals surface area (Å²) >= 11 is 14.2. The van der Waals surface area contributed by atoms with Crippen molar-refractivity contribution < 1.29 is 0 Å². The number of rotatable bonds is 7. The molecule has 0 bridgehead atoms. The first-order valence-corrected chi connectivity index (χ1v) is 12.3. The van der Waals surface area contributed by atoms with Crippen LogP contribution in [0.3, 0.4) is 0 Å². The molecule has 0 saturated carbocycles. The monoisotopic (exact) mass is 517 g/mol. The smallest absolute Gasteiger partial charge is 0.186 e. The van der Waals surface area contributed by atoms with E-state index in [2.05, 4.69) is 38.8 Å². The maximum Gasteiger partial charge on any atom is 0.186 e. The minimum Gasteiger partial charge on any atom is -0.226 e. The second-order valence-corrected chi connectivity index (χ2v) is 9.48. The summed E-state index contributed by atoms with van der Waals surface area (Å²) in [7, 11) is 0. The maximum atomic E-state index is 9.06. The summed E-state index contributed by atoms with van der Waals surface area (Å²) in [6.07, 6.45) is 1.75. The number of aromatic nitrogens is 6. The Bertz CT molecular complexity index is 1490. The quantitative estimate of drug-likeness (QED) is 0.244. The zero-order valence-corrected chi connectivity index (χ0v) is 20.5. The fourth-order valence-corrected chi connectivity index (χ4v) is 5.15. The Morgan fingerprint density at radius 3 is 2.37 bits per heavy atom. The average molecular weight is 518 g/mol. The summed E-state index contributed by atoms with van der Waals surface area (Å²) in [6.45, 7) is 0.449. The zero-order valence-electron chi connectivity index (χ0n) is 18.2. The zero-order chi connectivity index (χ0) is 24.2. The second-order valence-electron chi connectivity index (χ2n) is 7.65. The fourth-order valence-electron chi connectivity index (χ4n) is 3.56. The van der Waals surface area contributed by atoms with Gasteiger partial charge in [-0.2, -0.15) is 10.4 Å². The molecule has 3 aromatic carbocycles. The molecule has 0 N–H and O–H groups in total. The maximum absolute atomic E-state index is 9.06. The first-order valence-electron chi connectivity index (χ1n) is 10.6. The number of halogens is 2. The van der Waals surface area contributed by atoms with Crippen LogP contribution in [0.15, 0.2) is 84.0 Å². The van der Waals surface area contributed by atoms with Gasteiger partial charge in [0.15, 0.2) is 5.82 Å². The molecule has 5 rings (SSSR count). The number of thioether (sulfide) groups is 1. The van der Waals surface area contributed by atoms with Crippen molar-refractivity contribution in [3.63, 3.8) is 0 Å². The van der Waals surface area contributed by atoms with Crippen molar-refractivity contribution in [2.24, 2.45) is 0 Å². The Labute approximate surface area is 215 Å². The Hall–Kier alpha value is -3.64. The molecule has 5 aromatic rings. The van der Waals surface area contributed by atoms with E-state index in [-0.39, 0.29) is 0 Å². The van der Waals surface area contributed by atoms with Gasteiger partial charge in [-0.3, -0.25) is 0 Å². The van der Waals surface area contributed by atoms with E-state index < -0.39 is 0 Å². The number of hydrogen-bond donors (Lipinski definition) is 0. The lowest BCUT2D eigenvalue weighted by atomic mass is 10.1. The number of benzene rings is 3. The van der Waals surface area contributed by atoms with Gasteiger partial charge in [-0.05, 0) is 51.9 Å². The van der Waals surface area contributed by atoms with E-state index >= 15 is 0 Å². The SMILES string of the molecule is N#Cc1ccc(Cn2nnnc2-c2cnn(-c3cc(Cl)cc(Cl)c3)c2SCc2ccccc2)cc1. The van der Waals surface area contributed by atoms with Crippen molar-refractivity contribution in [3.05, 3.63) is 106 Å². The van der Waals surface area contributed by atoms with Crippen molar-refractivity contribution in [2.45, 2.75) is 17.3 Å².